The van der Waals surface area contributed by atoms with E-state index in [2.05, 4.69) is 14.9 Å². The van der Waals surface area contributed by atoms with Crippen LogP contribution in [0.5, 0.6) is 0 Å². The zero-order valence-corrected chi connectivity index (χ0v) is 13.5. The van der Waals surface area contributed by atoms with Gasteiger partial charge in [-0.25, -0.2) is 0 Å². The SMILES string of the molecule is O=S(=O)(N/N=C(\c1ccccc1)c1cccnc1)c1ccccc1. The number of nitrogens with zero attached hydrogens (tertiary/aromatic N) is 2. The van der Waals surface area contributed by atoms with E-state index in [-0.39, 0.29) is 4.90 Å². The first-order chi connectivity index (χ1) is 11.7. The lowest BCUT2D eigenvalue weighted by molar-refractivity contribution is 0.584. The van der Waals surface area contributed by atoms with E-state index in [0.717, 1.165) is 11.1 Å². The molecule has 24 heavy (non-hydrogen) atoms. The van der Waals surface area contributed by atoms with Crippen LogP contribution in [0.2, 0.25) is 0 Å². The molecule has 0 spiro atoms. The monoisotopic (exact) mass is 337 g/mol. The Labute approximate surface area is 140 Å². The Morgan fingerprint density at radius 3 is 2.08 bits per heavy atom. The number of hydrazone groups is 1. The van der Waals surface area contributed by atoms with Crippen LogP contribution in [-0.2, 0) is 10.0 Å². The minimum Gasteiger partial charge on any atom is -0.264 e. The molecule has 0 radical (unpaired) electrons. The van der Waals surface area contributed by atoms with Gasteiger partial charge >= 0.3 is 0 Å². The van der Waals surface area contributed by atoms with Crippen molar-refractivity contribution >= 4 is 15.7 Å². The minimum atomic E-state index is -3.73. The van der Waals surface area contributed by atoms with Crippen molar-refractivity contribution in [3.63, 3.8) is 0 Å². The molecule has 2 aromatic carbocycles. The molecule has 1 heterocycles. The highest BCUT2D eigenvalue weighted by molar-refractivity contribution is 7.89. The minimum absolute atomic E-state index is 0.160. The van der Waals surface area contributed by atoms with Crippen molar-refractivity contribution in [1.29, 1.82) is 0 Å². The molecule has 6 heteroatoms. The van der Waals surface area contributed by atoms with Crippen LogP contribution in [-0.4, -0.2) is 19.1 Å². The maximum Gasteiger partial charge on any atom is 0.276 e. The molecule has 0 fully saturated rings. The van der Waals surface area contributed by atoms with Gasteiger partial charge in [0.05, 0.1) is 4.90 Å². The number of hydrogen-bond donors (Lipinski definition) is 1. The second-order valence-corrected chi connectivity index (χ2v) is 6.64. The summed E-state index contributed by atoms with van der Waals surface area (Å²) in [6, 6.07) is 21.1. The summed E-state index contributed by atoms with van der Waals surface area (Å²) in [6.45, 7) is 0. The predicted molar refractivity (Wildman–Crippen MR) is 93.1 cm³/mol. The fraction of sp³-hybridized carbons (Fsp3) is 0. The van der Waals surface area contributed by atoms with E-state index in [1.165, 1.54) is 12.1 Å². The van der Waals surface area contributed by atoms with E-state index in [9.17, 15) is 8.42 Å². The Balaban J connectivity index is 1.99. The van der Waals surface area contributed by atoms with E-state index in [1.807, 2.05) is 36.4 Å². The molecule has 5 nitrogen and oxygen atoms in total. The van der Waals surface area contributed by atoms with Crippen molar-refractivity contribution < 1.29 is 8.42 Å². The smallest absolute Gasteiger partial charge is 0.264 e. The summed E-state index contributed by atoms with van der Waals surface area (Å²) in [5, 5.41) is 4.15. The summed E-state index contributed by atoms with van der Waals surface area (Å²) in [6.07, 6.45) is 3.29. The summed E-state index contributed by atoms with van der Waals surface area (Å²) in [5.41, 5.74) is 2.02. The van der Waals surface area contributed by atoms with Crippen molar-refractivity contribution in [2.45, 2.75) is 4.90 Å². The zero-order valence-electron chi connectivity index (χ0n) is 12.7. The van der Waals surface area contributed by atoms with Gasteiger partial charge in [-0.2, -0.15) is 18.4 Å². The Kier molecular flexibility index (Phi) is 4.67. The van der Waals surface area contributed by atoms with E-state index in [1.54, 1.807) is 36.7 Å². The first-order valence-corrected chi connectivity index (χ1v) is 8.75. The third kappa shape index (κ3) is 3.67. The number of nitrogens with one attached hydrogen (secondary N) is 1. The second-order valence-electron chi connectivity index (χ2n) is 4.98. The number of aromatic nitrogens is 1. The zero-order chi connectivity index (χ0) is 16.8. The molecular weight excluding hydrogens is 322 g/mol. The van der Waals surface area contributed by atoms with Gasteiger partial charge in [0.1, 0.15) is 5.71 Å². The molecule has 0 unspecified atom stereocenters. The van der Waals surface area contributed by atoms with Crippen LogP contribution in [0, 0.1) is 0 Å². The molecule has 3 rings (SSSR count). The van der Waals surface area contributed by atoms with Crippen molar-refractivity contribution in [2.24, 2.45) is 5.10 Å². The number of hydrogen-bond acceptors (Lipinski definition) is 4. The lowest BCUT2D eigenvalue weighted by Crippen LogP contribution is -2.21. The first kappa shape index (κ1) is 15.9. The highest BCUT2D eigenvalue weighted by Crippen LogP contribution is 2.11. The average Bonchev–Trinajstić information content (AvgIpc) is 2.64. The third-order valence-electron chi connectivity index (χ3n) is 3.31. The van der Waals surface area contributed by atoms with Crippen molar-refractivity contribution in [1.82, 2.24) is 9.82 Å². The summed E-state index contributed by atoms with van der Waals surface area (Å²) in [4.78, 5) is 6.54. The maximum absolute atomic E-state index is 12.4. The summed E-state index contributed by atoms with van der Waals surface area (Å²) < 4.78 is 24.7. The average molecular weight is 337 g/mol. The van der Waals surface area contributed by atoms with Crippen LogP contribution >= 0.6 is 0 Å². The summed E-state index contributed by atoms with van der Waals surface area (Å²) in [5.74, 6) is 0. The lowest BCUT2D eigenvalue weighted by Gasteiger charge is -2.08. The molecule has 0 atom stereocenters. The quantitative estimate of drug-likeness (QED) is 0.575. The molecule has 1 N–H and O–H groups in total. The van der Waals surface area contributed by atoms with Gasteiger partial charge in [0.2, 0.25) is 0 Å². The molecule has 0 aliphatic carbocycles. The number of benzene rings is 2. The maximum atomic E-state index is 12.4. The molecule has 3 aromatic rings. The van der Waals surface area contributed by atoms with Gasteiger partial charge in [0.25, 0.3) is 10.0 Å². The molecule has 0 saturated carbocycles. The van der Waals surface area contributed by atoms with Gasteiger partial charge in [-0.15, -0.1) is 0 Å². The lowest BCUT2D eigenvalue weighted by atomic mass is 10.0. The molecule has 120 valence electrons. The van der Waals surface area contributed by atoms with Crippen LogP contribution in [0.15, 0.2) is 95.2 Å². The Morgan fingerprint density at radius 1 is 0.833 bits per heavy atom. The Bertz CT molecular complexity index is 884. The fourth-order valence-corrected chi connectivity index (χ4v) is 2.99. The topological polar surface area (TPSA) is 71.4 Å². The Hall–Kier alpha value is -2.99. The highest BCUT2D eigenvalue weighted by atomic mass is 32.2. The third-order valence-corrected chi connectivity index (χ3v) is 4.54. The molecule has 1 aromatic heterocycles. The van der Waals surface area contributed by atoms with Crippen molar-refractivity contribution in [3.05, 3.63) is 96.3 Å². The van der Waals surface area contributed by atoms with E-state index < -0.39 is 10.0 Å². The molecule has 0 bridgehead atoms. The standard InChI is InChI=1S/C18H15N3O2S/c22-24(23,17-11-5-2-6-12-17)21-20-18(15-8-3-1-4-9-15)16-10-7-13-19-14-16/h1-14,21H/b20-18+. The molecular formula is C18H15N3O2S. The largest absolute Gasteiger partial charge is 0.276 e. The predicted octanol–water partition coefficient (Wildman–Crippen LogP) is 2.81. The number of rotatable bonds is 5. The number of sulfonamides is 1. The van der Waals surface area contributed by atoms with Gasteiger partial charge in [-0.3, -0.25) is 4.98 Å². The first-order valence-electron chi connectivity index (χ1n) is 7.27. The Morgan fingerprint density at radius 2 is 1.46 bits per heavy atom. The van der Waals surface area contributed by atoms with Gasteiger partial charge in [-0.05, 0) is 24.3 Å². The van der Waals surface area contributed by atoms with Gasteiger partial charge in [0, 0.05) is 23.5 Å². The van der Waals surface area contributed by atoms with Crippen LogP contribution in [0.4, 0.5) is 0 Å². The summed E-state index contributed by atoms with van der Waals surface area (Å²) in [7, 11) is -3.73. The summed E-state index contributed by atoms with van der Waals surface area (Å²) >= 11 is 0. The van der Waals surface area contributed by atoms with Gasteiger partial charge in [-0.1, -0.05) is 48.5 Å². The van der Waals surface area contributed by atoms with Crippen LogP contribution in [0.25, 0.3) is 0 Å². The molecule has 0 amide bonds. The van der Waals surface area contributed by atoms with Gasteiger partial charge < -0.3 is 0 Å². The van der Waals surface area contributed by atoms with Crippen LogP contribution in [0.3, 0.4) is 0 Å². The fourth-order valence-electron chi connectivity index (χ4n) is 2.15. The van der Waals surface area contributed by atoms with Gasteiger partial charge in [0.15, 0.2) is 0 Å². The van der Waals surface area contributed by atoms with E-state index >= 15 is 0 Å². The highest BCUT2D eigenvalue weighted by Gasteiger charge is 2.14. The molecule has 0 saturated heterocycles. The second kappa shape index (κ2) is 7.06. The van der Waals surface area contributed by atoms with Crippen molar-refractivity contribution in [2.75, 3.05) is 0 Å². The van der Waals surface area contributed by atoms with E-state index in [0.29, 0.717) is 5.71 Å². The van der Waals surface area contributed by atoms with Crippen molar-refractivity contribution in [3.8, 4) is 0 Å². The van der Waals surface area contributed by atoms with Crippen LogP contribution in [0.1, 0.15) is 11.1 Å². The molecule has 0 aliphatic heterocycles. The van der Waals surface area contributed by atoms with Crippen LogP contribution < -0.4 is 4.83 Å². The number of pyridine rings is 1. The normalized spacial score (nSPS) is 11.9. The molecule has 0 aliphatic rings. The van der Waals surface area contributed by atoms with E-state index in [4.69, 9.17) is 0 Å².